The number of para-hydroxylation sites is 1. The number of aromatic nitrogens is 4. The summed E-state index contributed by atoms with van der Waals surface area (Å²) in [5.41, 5.74) is 4.78. The molecule has 1 atom stereocenters. The largest absolute Gasteiger partial charge is 0.355 e. The van der Waals surface area contributed by atoms with Gasteiger partial charge in [0, 0.05) is 25.3 Å². The number of piperidine rings is 1. The molecule has 1 aromatic carbocycles. The van der Waals surface area contributed by atoms with Crippen molar-refractivity contribution >= 4 is 28.5 Å². The second kappa shape index (κ2) is 7.56. The van der Waals surface area contributed by atoms with Crippen LogP contribution in [0, 0.1) is 5.41 Å². The van der Waals surface area contributed by atoms with Crippen molar-refractivity contribution in [2.45, 2.75) is 58.8 Å². The maximum Gasteiger partial charge on any atom is 0.183 e. The second-order valence-corrected chi connectivity index (χ2v) is 9.23. The van der Waals surface area contributed by atoms with Gasteiger partial charge in [-0.1, -0.05) is 45.4 Å². The average Bonchev–Trinajstić information content (AvgIpc) is 3.22. The Labute approximate surface area is 178 Å². The molecule has 2 aromatic heterocycles. The number of nitrogens with one attached hydrogen (secondary N) is 1. The van der Waals surface area contributed by atoms with Gasteiger partial charge in [0.1, 0.15) is 5.82 Å². The zero-order chi connectivity index (χ0) is 20.7. The van der Waals surface area contributed by atoms with Gasteiger partial charge in [0.15, 0.2) is 17.0 Å². The summed E-state index contributed by atoms with van der Waals surface area (Å²) in [6.45, 7) is 10.0. The van der Waals surface area contributed by atoms with E-state index in [4.69, 9.17) is 9.97 Å². The van der Waals surface area contributed by atoms with Crippen LogP contribution in [0.25, 0.3) is 11.2 Å². The van der Waals surface area contributed by atoms with Gasteiger partial charge in [-0.25, -0.2) is 9.97 Å². The first kappa shape index (κ1) is 19.3. The molecule has 0 radical (unpaired) electrons. The van der Waals surface area contributed by atoms with Gasteiger partial charge in [-0.15, -0.1) is 0 Å². The molecule has 4 heterocycles. The van der Waals surface area contributed by atoms with Crippen LogP contribution in [0.3, 0.4) is 0 Å². The molecule has 0 amide bonds. The van der Waals surface area contributed by atoms with Crippen molar-refractivity contribution in [3.63, 3.8) is 0 Å². The summed E-state index contributed by atoms with van der Waals surface area (Å²) in [6.07, 6.45) is 7.90. The number of nitrogens with zero attached hydrogens (tertiary/aromatic N) is 5. The van der Waals surface area contributed by atoms with Crippen molar-refractivity contribution in [1.82, 2.24) is 20.2 Å². The number of hydrogen-bond acceptors (Lipinski definition) is 5. The first-order chi connectivity index (χ1) is 14.6. The molecular formula is C24H32N6. The van der Waals surface area contributed by atoms with Crippen LogP contribution < -0.4 is 9.80 Å². The summed E-state index contributed by atoms with van der Waals surface area (Å²) in [6, 6.07) is 8.72. The molecular weight excluding hydrogens is 372 g/mol. The molecule has 0 unspecified atom stereocenters. The van der Waals surface area contributed by atoms with Crippen LogP contribution in [0.15, 0.2) is 30.5 Å². The Bertz CT molecular complexity index is 1030. The summed E-state index contributed by atoms with van der Waals surface area (Å²) in [5, 5.41) is 7.81. The van der Waals surface area contributed by atoms with Crippen molar-refractivity contribution in [3.8, 4) is 0 Å². The number of benzene rings is 1. The van der Waals surface area contributed by atoms with E-state index in [0.29, 0.717) is 11.3 Å². The first-order valence-corrected chi connectivity index (χ1v) is 11.4. The molecule has 6 nitrogen and oxygen atoms in total. The van der Waals surface area contributed by atoms with E-state index < -0.39 is 0 Å². The van der Waals surface area contributed by atoms with E-state index in [0.717, 1.165) is 48.9 Å². The van der Waals surface area contributed by atoms with E-state index in [2.05, 4.69) is 65.0 Å². The van der Waals surface area contributed by atoms with E-state index in [9.17, 15) is 0 Å². The Kier molecular flexibility index (Phi) is 4.88. The van der Waals surface area contributed by atoms with Gasteiger partial charge in [-0.05, 0) is 48.6 Å². The minimum absolute atomic E-state index is 0.465. The van der Waals surface area contributed by atoms with Crippen molar-refractivity contribution in [2.24, 2.45) is 5.41 Å². The lowest BCUT2D eigenvalue weighted by atomic mass is 9.78. The van der Waals surface area contributed by atoms with E-state index in [1.165, 1.54) is 36.9 Å². The van der Waals surface area contributed by atoms with Gasteiger partial charge in [0.05, 0.1) is 6.20 Å². The molecule has 1 N–H and O–H groups in total. The number of fused-ring (bicyclic) bond motifs is 2. The molecule has 1 fully saturated rings. The van der Waals surface area contributed by atoms with Gasteiger partial charge >= 0.3 is 0 Å². The lowest BCUT2D eigenvalue weighted by Gasteiger charge is -2.39. The zero-order valence-corrected chi connectivity index (χ0v) is 18.4. The smallest absolute Gasteiger partial charge is 0.183 e. The highest BCUT2D eigenvalue weighted by atomic mass is 15.3. The van der Waals surface area contributed by atoms with E-state index in [-0.39, 0.29) is 0 Å². The second-order valence-electron chi connectivity index (χ2n) is 9.23. The molecule has 158 valence electrons. The topological polar surface area (TPSA) is 60.9 Å². The lowest BCUT2D eigenvalue weighted by Crippen LogP contribution is -2.38. The van der Waals surface area contributed by atoms with Crippen LogP contribution in [-0.4, -0.2) is 39.8 Å². The summed E-state index contributed by atoms with van der Waals surface area (Å²) >= 11 is 0. The molecule has 0 spiro atoms. The van der Waals surface area contributed by atoms with E-state index in [1.54, 1.807) is 0 Å². The van der Waals surface area contributed by atoms with Gasteiger partial charge in [0.25, 0.3) is 0 Å². The predicted octanol–water partition coefficient (Wildman–Crippen LogP) is 5.40. The molecule has 0 saturated carbocycles. The van der Waals surface area contributed by atoms with Crippen molar-refractivity contribution < 1.29 is 0 Å². The fourth-order valence-electron chi connectivity index (χ4n) is 5.03. The fraction of sp³-hybridized carbons (Fsp3) is 0.542. The highest BCUT2D eigenvalue weighted by Crippen LogP contribution is 2.41. The molecule has 0 bridgehead atoms. The third-order valence-electron chi connectivity index (χ3n) is 7.50. The SMILES string of the molecule is CC[C@@H]1CCN(c2n[nH]c3nc(N4CCC(C)(CC)CC4)cnc23)c2ccccc21. The molecule has 30 heavy (non-hydrogen) atoms. The molecule has 2 aliphatic heterocycles. The summed E-state index contributed by atoms with van der Waals surface area (Å²) < 4.78 is 0. The number of H-pyrrole nitrogens is 1. The number of anilines is 3. The Morgan fingerprint density at radius 2 is 1.93 bits per heavy atom. The Hall–Kier alpha value is -2.63. The normalized spacial score (nSPS) is 21.1. The van der Waals surface area contributed by atoms with Gasteiger partial charge in [-0.2, -0.15) is 5.10 Å². The van der Waals surface area contributed by atoms with Crippen LogP contribution >= 0.6 is 0 Å². The number of hydrogen-bond donors (Lipinski definition) is 1. The minimum Gasteiger partial charge on any atom is -0.355 e. The quantitative estimate of drug-likeness (QED) is 0.630. The molecule has 0 aliphatic carbocycles. The van der Waals surface area contributed by atoms with Gasteiger partial charge in [-0.3, -0.25) is 5.10 Å². The van der Waals surface area contributed by atoms with Crippen LogP contribution in [-0.2, 0) is 0 Å². The van der Waals surface area contributed by atoms with E-state index in [1.807, 2.05) is 6.20 Å². The summed E-state index contributed by atoms with van der Waals surface area (Å²) in [4.78, 5) is 14.4. The van der Waals surface area contributed by atoms with Crippen LogP contribution in [0.2, 0.25) is 0 Å². The van der Waals surface area contributed by atoms with Crippen LogP contribution in [0.4, 0.5) is 17.3 Å². The molecule has 6 heteroatoms. The Morgan fingerprint density at radius 3 is 2.70 bits per heavy atom. The predicted molar refractivity (Wildman–Crippen MR) is 123 cm³/mol. The maximum atomic E-state index is 4.89. The third kappa shape index (κ3) is 3.22. The zero-order valence-electron chi connectivity index (χ0n) is 18.4. The highest BCUT2D eigenvalue weighted by Gasteiger charge is 2.30. The fourth-order valence-corrected chi connectivity index (χ4v) is 5.03. The average molecular weight is 405 g/mol. The summed E-state index contributed by atoms with van der Waals surface area (Å²) in [7, 11) is 0. The van der Waals surface area contributed by atoms with Crippen LogP contribution in [0.1, 0.15) is 64.4 Å². The standard InChI is InChI=1S/C24H32N6/c1-4-17-10-13-30(19-9-7-6-8-18(17)19)23-21-22(27-28-23)26-20(16-25-21)29-14-11-24(3,5-2)12-15-29/h6-9,16-17H,4-5,10-15H2,1-3H3,(H,26,27,28)/t17-/m1/s1. The molecule has 3 aromatic rings. The van der Waals surface area contributed by atoms with Crippen molar-refractivity contribution in [1.29, 1.82) is 0 Å². The first-order valence-electron chi connectivity index (χ1n) is 11.4. The van der Waals surface area contributed by atoms with Gasteiger partial charge < -0.3 is 9.80 Å². The minimum atomic E-state index is 0.465. The Balaban J connectivity index is 1.44. The molecule has 5 rings (SSSR count). The lowest BCUT2D eigenvalue weighted by molar-refractivity contribution is 0.238. The van der Waals surface area contributed by atoms with Crippen LogP contribution in [0.5, 0.6) is 0 Å². The maximum absolute atomic E-state index is 4.89. The van der Waals surface area contributed by atoms with E-state index >= 15 is 0 Å². The Morgan fingerprint density at radius 1 is 1.13 bits per heavy atom. The van der Waals surface area contributed by atoms with Gasteiger partial charge in [0.2, 0.25) is 0 Å². The van der Waals surface area contributed by atoms with Crippen molar-refractivity contribution in [3.05, 3.63) is 36.0 Å². The molecule has 1 saturated heterocycles. The molecule has 2 aliphatic rings. The third-order valence-corrected chi connectivity index (χ3v) is 7.50. The van der Waals surface area contributed by atoms with Crippen molar-refractivity contribution in [2.75, 3.05) is 29.4 Å². The monoisotopic (exact) mass is 404 g/mol. The summed E-state index contributed by atoms with van der Waals surface area (Å²) in [5.74, 6) is 2.47. The number of rotatable bonds is 4. The number of aromatic amines is 1. The highest BCUT2D eigenvalue weighted by molar-refractivity contribution is 5.87.